The van der Waals surface area contributed by atoms with E-state index in [0.29, 0.717) is 12.8 Å². The van der Waals surface area contributed by atoms with Crippen LogP contribution in [0, 0.1) is 0 Å². The van der Waals surface area contributed by atoms with Gasteiger partial charge >= 0.3 is 18.3 Å². The molecule has 0 spiro atoms. The van der Waals surface area contributed by atoms with Crippen molar-refractivity contribution in [3.05, 3.63) is 54.1 Å². The van der Waals surface area contributed by atoms with Crippen molar-refractivity contribution in [2.45, 2.75) is 44.6 Å². The molecule has 31 heavy (non-hydrogen) atoms. The molecule has 0 heterocycles. The number of benzene rings is 2. The first-order valence-electron chi connectivity index (χ1n) is 9.65. The summed E-state index contributed by atoms with van der Waals surface area (Å²) in [4.78, 5) is 24.1. The summed E-state index contributed by atoms with van der Waals surface area (Å²) in [6.45, 7) is 1.13. The molecule has 2 aromatic rings. The fourth-order valence-corrected chi connectivity index (χ4v) is 3.27. The fraction of sp³-hybridized carbons (Fsp3) is 0.364. The molecule has 0 saturated heterocycles. The molecule has 1 aliphatic rings. The van der Waals surface area contributed by atoms with E-state index in [4.69, 9.17) is 14.2 Å². The first-order chi connectivity index (χ1) is 14.6. The molecular weight excluding hydrogens is 417 g/mol. The predicted molar refractivity (Wildman–Crippen MR) is 103 cm³/mol. The minimum Gasteiger partial charge on any atom is -0.484 e. The Hall–Kier alpha value is -3.23. The maximum absolute atomic E-state index is 12.8. The highest BCUT2D eigenvalue weighted by Crippen LogP contribution is 2.40. The maximum atomic E-state index is 12.8. The zero-order valence-corrected chi connectivity index (χ0v) is 16.7. The van der Waals surface area contributed by atoms with Crippen LogP contribution in [-0.4, -0.2) is 30.5 Å². The zero-order chi connectivity index (χ0) is 22.5. The number of ether oxygens (including phenoxy) is 4. The molecule has 0 unspecified atom stereocenters. The third kappa shape index (κ3) is 6.63. The van der Waals surface area contributed by atoms with Gasteiger partial charge in [0.2, 0.25) is 0 Å². The molecular formula is C22H21F3O6. The second kappa shape index (κ2) is 9.28. The Morgan fingerprint density at radius 3 is 2.32 bits per heavy atom. The van der Waals surface area contributed by atoms with Gasteiger partial charge in [-0.3, -0.25) is 0 Å². The van der Waals surface area contributed by atoms with Gasteiger partial charge in [-0.2, -0.15) is 0 Å². The van der Waals surface area contributed by atoms with E-state index in [0.717, 1.165) is 31.0 Å². The van der Waals surface area contributed by atoms with Gasteiger partial charge in [0, 0.05) is 0 Å². The summed E-state index contributed by atoms with van der Waals surface area (Å²) < 4.78 is 58.1. The molecule has 1 fully saturated rings. The topological polar surface area (TPSA) is 71.1 Å². The lowest BCUT2D eigenvalue weighted by Gasteiger charge is -2.27. The van der Waals surface area contributed by atoms with Crippen LogP contribution in [0.1, 0.15) is 43.0 Å². The van der Waals surface area contributed by atoms with Gasteiger partial charge in [-0.25, -0.2) is 9.59 Å². The van der Waals surface area contributed by atoms with Crippen LogP contribution in [0.5, 0.6) is 17.2 Å². The SMILES string of the molecule is CC1(Oc2cc(C(=O)OCC(=O)Oc3ccccc3)ccc2OC(F)(F)F)CCCC1. The van der Waals surface area contributed by atoms with Crippen molar-refractivity contribution in [3.8, 4) is 17.2 Å². The predicted octanol–water partition coefficient (Wildman–Crippen LogP) is 5.06. The molecule has 0 aliphatic heterocycles. The highest BCUT2D eigenvalue weighted by Gasteiger charge is 2.36. The molecule has 166 valence electrons. The Morgan fingerprint density at radius 1 is 1.00 bits per heavy atom. The normalized spacial score (nSPS) is 15.2. The molecule has 0 aromatic heterocycles. The summed E-state index contributed by atoms with van der Waals surface area (Å²) in [5, 5.41) is 0. The fourth-order valence-electron chi connectivity index (χ4n) is 3.27. The van der Waals surface area contributed by atoms with E-state index in [9.17, 15) is 22.8 Å². The summed E-state index contributed by atoms with van der Waals surface area (Å²) in [5.74, 6) is -2.20. The van der Waals surface area contributed by atoms with Crippen molar-refractivity contribution in [1.82, 2.24) is 0 Å². The highest BCUT2D eigenvalue weighted by atomic mass is 19.4. The van der Waals surface area contributed by atoms with Crippen molar-refractivity contribution in [1.29, 1.82) is 0 Å². The van der Waals surface area contributed by atoms with E-state index in [2.05, 4.69) is 4.74 Å². The zero-order valence-electron chi connectivity index (χ0n) is 16.7. The Kier molecular flexibility index (Phi) is 6.72. The van der Waals surface area contributed by atoms with Gasteiger partial charge in [-0.05, 0) is 62.9 Å². The van der Waals surface area contributed by atoms with Crippen molar-refractivity contribution >= 4 is 11.9 Å². The highest BCUT2D eigenvalue weighted by molar-refractivity contribution is 5.91. The Morgan fingerprint density at radius 2 is 1.68 bits per heavy atom. The van der Waals surface area contributed by atoms with Crippen LogP contribution in [0.2, 0.25) is 0 Å². The quantitative estimate of drug-likeness (QED) is 0.445. The van der Waals surface area contributed by atoms with Gasteiger partial charge in [0.05, 0.1) is 5.56 Å². The molecule has 0 bridgehead atoms. The molecule has 2 aromatic carbocycles. The Bertz CT molecular complexity index is 921. The number of hydrogen-bond acceptors (Lipinski definition) is 6. The number of alkyl halides is 3. The van der Waals surface area contributed by atoms with Gasteiger partial charge in [0.15, 0.2) is 18.1 Å². The van der Waals surface area contributed by atoms with E-state index in [1.165, 1.54) is 0 Å². The molecule has 9 heteroatoms. The summed E-state index contributed by atoms with van der Waals surface area (Å²) in [6.07, 6.45) is -1.82. The molecule has 1 saturated carbocycles. The van der Waals surface area contributed by atoms with Crippen molar-refractivity contribution < 1.29 is 41.7 Å². The average molecular weight is 438 g/mol. The largest absolute Gasteiger partial charge is 0.573 e. The summed E-state index contributed by atoms with van der Waals surface area (Å²) >= 11 is 0. The molecule has 1 aliphatic carbocycles. The first kappa shape index (κ1) is 22.5. The van der Waals surface area contributed by atoms with Crippen LogP contribution < -0.4 is 14.2 Å². The van der Waals surface area contributed by atoms with Crippen LogP contribution in [0.4, 0.5) is 13.2 Å². The molecule has 3 rings (SSSR count). The van der Waals surface area contributed by atoms with Crippen molar-refractivity contribution in [3.63, 3.8) is 0 Å². The number of carbonyl (C=O) groups is 2. The number of rotatable bonds is 7. The number of carbonyl (C=O) groups excluding carboxylic acids is 2. The van der Waals surface area contributed by atoms with E-state index in [1.807, 2.05) is 0 Å². The molecule has 6 nitrogen and oxygen atoms in total. The van der Waals surface area contributed by atoms with Crippen molar-refractivity contribution in [2.75, 3.05) is 6.61 Å². The van der Waals surface area contributed by atoms with Gasteiger partial charge in [-0.1, -0.05) is 18.2 Å². The van der Waals surface area contributed by atoms with Gasteiger partial charge in [0.1, 0.15) is 11.4 Å². The number of hydrogen-bond donors (Lipinski definition) is 0. The van der Waals surface area contributed by atoms with Crippen molar-refractivity contribution in [2.24, 2.45) is 0 Å². The lowest BCUT2D eigenvalue weighted by molar-refractivity contribution is -0.275. The third-order valence-corrected chi connectivity index (χ3v) is 4.72. The van der Waals surface area contributed by atoms with E-state index < -0.39 is 36.3 Å². The van der Waals surface area contributed by atoms with E-state index in [-0.39, 0.29) is 17.1 Å². The average Bonchev–Trinajstić information content (AvgIpc) is 3.13. The monoisotopic (exact) mass is 438 g/mol. The maximum Gasteiger partial charge on any atom is 0.573 e. The lowest BCUT2D eigenvalue weighted by atomic mass is 10.1. The third-order valence-electron chi connectivity index (χ3n) is 4.72. The summed E-state index contributed by atoms with van der Waals surface area (Å²) in [7, 11) is 0. The molecule has 0 N–H and O–H groups in total. The van der Waals surface area contributed by atoms with E-state index >= 15 is 0 Å². The minimum absolute atomic E-state index is 0.0846. The molecule has 0 radical (unpaired) electrons. The van der Waals surface area contributed by atoms with Crippen LogP contribution in [0.3, 0.4) is 0 Å². The summed E-state index contributed by atoms with van der Waals surface area (Å²) in [6, 6.07) is 11.4. The van der Waals surface area contributed by atoms with Gasteiger partial charge in [0.25, 0.3) is 0 Å². The van der Waals surface area contributed by atoms with Gasteiger partial charge in [-0.15, -0.1) is 13.2 Å². The minimum atomic E-state index is -4.92. The standard InChI is InChI=1S/C22H21F3O6/c1-21(11-5-6-12-21)30-18-13-15(9-10-17(18)31-22(23,24)25)20(27)28-14-19(26)29-16-7-3-2-4-8-16/h2-4,7-10,13H,5-6,11-12,14H2,1H3. The molecule has 0 amide bonds. The van der Waals surface area contributed by atoms with Gasteiger partial charge < -0.3 is 18.9 Å². The lowest BCUT2D eigenvalue weighted by Crippen LogP contribution is -2.29. The van der Waals surface area contributed by atoms with Crippen LogP contribution in [-0.2, 0) is 9.53 Å². The van der Waals surface area contributed by atoms with Crippen LogP contribution >= 0.6 is 0 Å². The van der Waals surface area contributed by atoms with Crippen LogP contribution in [0.15, 0.2) is 48.5 Å². The number of para-hydroxylation sites is 1. The molecule has 0 atom stereocenters. The summed E-state index contributed by atoms with van der Waals surface area (Å²) in [5.41, 5.74) is -0.746. The number of esters is 2. The smallest absolute Gasteiger partial charge is 0.484 e. The second-order valence-electron chi connectivity index (χ2n) is 7.33. The Labute approximate surface area is 176 Å². The first-order valence-corrected chi connectivity index (χ1v) is 9.65. The van der Waals surface area contributed by atoms with E-state index in [1.54, 1.807) is 37.3 Å². The Balaban J connectivity index is 1.70. The second-order valence-corrected chi connectivity index (χ2v) is 7.33. The van der Waals surface area contributed by atoms with Crippen LogP contribution in [0.25, 0.3) is 0 Å². The number of halogens is 3.